The fraction of sp³-hybridized carbons (Fsp3) is 0.250. The van der Waals surface area contributed by atoms with E-state index in [1.165, 1.54) is 0 Å². The summed E-state index contributed by atoms with van der Waals surface area (Å²) in [5.74, 6) is 5.06. The zero-order valence-electron chi connectivity index (χ0n) is 7.60. The highest BCUT2D eigenvalue weighted by Gasteiger charge is 2.42. The Morgan fingerprint density at radius 1 is 1.36 bits per heavy atom. The molecule has 1 fully saturated rings. The van der Waals surface area contributed by atoms with Gasteiger partial charge in [-0.15, -0.1) is 0 Å². The Bertz CT molecular complexity index is 397. The largest absolute Gasteiger partial charge is 0.481 e. The van der Waals surface area contributed by atoms with Crippen molar-refractivity contribution in [1.29, 1.82) is 0 Å². The van der Waals surface area contributed by atoms with Gasteiger partial charge in [0.25, 0.3) is 0 Å². The standard InChI is InChI=1S/C12H10O2/c13-12(14)11-8-10(11)7-6-9-4-2-1-3-5-9/h1-5,10-11H,8H2,(H,13,14)/t10-,11-/m0/s1. The normalized spacial score (nSPS) is 23.4. The van der Waals surface area contributed by atoms with E-state index in [0.717, 1.165) is 5.56 Å². The molecule has 0 aromatic heterocycles. The van der Waals surface area contributed by atoms with Crippen molar-refractivity contribution in [2.45, 2.75) is 6.42 Å². The summed E-state index contributed by atoms with van der Waals surface area (Å²) in [5, 5.41) is 8.65. The van der Waals surface area contributed by atoms with Crippen LogP contribution in [0.2, 0.25) is 0 Å². The van der Waals surface area contributed by atoms with Gasteiger partial charge >= 0.3 is 5.97 Å². The van der Waals surface area contributed by atoms with Gasteiger partial charge in [-0.1, -0.05) is 30.0 Å². The van der Waals surface area contributed by atoms with E-state index in [0.29, 0.717) is 6.42 Å². The lowest BCUT2D eigenvalue weighted by molar-refractivity contribution is -0.138. The van der Waals surface area contributed by atoms with Crippen LogP contribution in [0.4, 0.5) is 0 Å². The Kier molecular flexibility index (Phi) is 2.24. The monoisotopic (exact) mass is 186 g/mol. The summed E-state index contributed by atoms with van der Waals surface area (Å²) >= 11 is 0. The summed E-state index contributed by atoms with van der Waals surface area (Å²) in [6.07, 6.45) is 0.704. The van der Waals surface area contributed by atoms with E-state index in [-0.39, 0.29) is 11.8 Å². The minimum absolute atomic E-state index is 0.0627. The highest BCUT2D eigenvalue weighted by Crippen LogP contribution is 2.37. The minimum atomic E-state index is -0.725. The quantitative estimate of drug-likeness (QED) is 0.678. The Morgan fingerprint density at radius 2 is 2.07 bits per heavy atom. The molecule has 14 heavy (non-hydrogen) atoms. The van der Waals surface area contributed by atoms with Gasteiger partial charge in [0, 0.05) is 11.5 Å². The number of hydrogen-bond acceptors (Lipinski definition) is 1. The van der Waals surface area contributed by atoms with Crippen molar-refractivity contribution >= 4 is 5.97 Å². The zero-order valence-corrected chi connectivity index (χ0v) is 7.60. The molecule has 2 heteroatoms. The van der Waals surface area contributed by atoms with E-state index >= 15 is 0 Å². The second-order valence-corrected chi connectivity index (χ2v) is 3.42. The zero-order chi connectivity index (χ0) is 9.97. The maximum Gasteiger partial charge on any atom is 0.307 e. The lowest BCUT2D eigenvalue weighted by Gasteiger charge is -1.86. The highest BCUT2D eigenvalue weighted by molar-refractivity contribution is 5.74. The lowest BCUT2D eigenvalue weighted by Crippen LogP contribution is -1.98. The number of benzene rings is 1. The minimum Gasteiger partial charge on any atom is -0.481 e. The van der Waals surface area contributed by atoms with Crippen LogP contribution in [0.1, 0.15) is 12.0 Å². The summed E-state index contributed by atoms with van der Waals surface area (Å²) in [5.41, 5.74) is 0.948. The molecule has 1 aromatic rings. The van der Waals surface area contributed by atoms with Crippen LogP contribution in [-0.2, 0) is 4.79 Å². The molecule has 2 rings (SSSR count). The Labute approximate surface area is 82.6 Å². The van der Waals surface area contributed by atoms with Crippen molar-refractivity contribution < 1.29 is 9.90 Å². The smallest absolute Gasteiger partial charge is 0.307 e. The van der Waals surface area contributed by atoms with Crippen LogP contribution >= 0.6 is 0 Å². The third kappa shape index (κ3) is 1.94. The van der Waals surface area contributed by atoms with E-state index in [4.69, 9.17) is 5.11 Å². The topological polar surface area (TPSA) is 37.3 Å². The van der Waals surface area contributed by atoms with Gasteiger partial charge in [0.15, 0.2) is 0 Å². The van der Waals surface area contributed by atoms with Gasteiger partial charge in [0.2, 0.25) is 0 Å². The number of aliphatic carboxylic acids is 1. The Morgan fingerprint density at radius 3 is 2.64 bits per heavy atom. The van der Waals surface area contributed by atoms with Crippen LogP contribution in [-0.4, -0.2) is 11.1 Å². The maximum atomic E-state index is 10.5. The SMILES string of the molecule is O=C(O)[C@H]1C[C@@H]1C#Cc1ccccc1. The number of rotatable bonds is 1. The first-order valence-corrected chi connectivity index (χ1v) is 4.57. The summed E-state index contributed by atoms with van der Waals surface area (Å²) in [4.78, 5) is 10.5. The highest BCUT2D eigenvalue weighted by atomic mass is 16.4. The third-order valence-electron chi connectivity index (χ3n) is 2.28. The predicted molar refractivity (Wildman–Crippen MR) is 52.6 cm³/mol. The van der Waals surface area contributed by atoms with E-state index in [1.54, 1.807) is 0 Å². The van der Waals surface area contributed by atoms with Crippen molar-refractivity contribution in [1.82, 2.24) is 0 Å². The van der Waals surface area contributed by atoms with Gasteiger partial charge in [-0.3, -0.25) is 4.79 Å². The average molecular weight is 186 g/mol. The summed E-state index contributed by atoms with van der Waals surface area (Å²) in [6, 6.07) is 9.62. The van der Waals surface area contributed by atoms with Gasteiger partial charge < -0.3 is 5.11 Å². The molecule has 0 unspecified atom stereocenters. The van der Waals surface area contributed by atoms with Gasteiger partial charge in [-0.2, -0.15) is 0 Å². The molecular formula is C12H10O2. The molecule has 2 nitrogen and oxygen atoms in total. The molecule has 1 aliphatic rings. The molecule has 1 saturated carbocycles. The van der Waals surface area contributed by atoms with Crippen molar-refractivity contribution in [2.75, 3.05) is 0 Å². The molecule has 1 aliphatic carbocycles. The molecule has 0 amide bonds. The molecule has 0 saturated heterocycles. The van der Waals surface area contributed by atoms with Gasteiger partial charge in [-0.05, 0) is 18.6 Å². The van der Waals surface area contributed by atoms with Crippen molar-refractivity contribution in [2.24, 2.45) is 11.8 Å². The molecule has 0 spiro atoms. The van der Waals surface area contributed by atoms with Gasteiger partial charge in [-0.25, -0.2) is 0 Å². The van der Waals surface area contributed by atoms with Crippen LogP contribution in [0.3, 0.4) is 0 Å². The fourth-order valence-electron chi connectivity index (χ4n) is 1.32. The first kappa shape index (κ1) is 8.83. The Hall–Kier alpha value is -1.75. The van der Waals surface area contributed by atoms with Crippen LogP contribution in [0.25, 0.3) is 0 Å². The molecule has 2 atom stereocenters. The summed E-state index contributed by atoms with van der Waals surface area (Å²) in [6.45, 7) is 0. The Balaban J connectivity index is 2.00. The third-order valence-corrected chi connectivity index (χ3v) is 2.28. The summed E-state index contributed by atoms with van der Waals surface area (Å²) < 4.78 is 0. The second-order valence-electron chi connectivity index (χ2n) is 3.42. The number of carboxylic acid groups (broad SMARTS) is 1. The molecule has 1 aromatic carbocycles. The predicted octanol–water partition coefficient (Wildman–Crippen LogP) is 1.76. The van der Waals surface area contributed by atoms with E-state index in [1.807, 2.05) is 30.3 Å². The molecular weight excluding hydrogens is 176 g/mol. The number of carbonyl (C=O) groups is 1. The second kappa shape index (κ2) is 3.55. The van der Waals surface area contributed by atoms with Crippen LogP contribution in [0.5, 0.6) is 0 Å². The molecule has 0 radical (unpaired) electrons. The van der Waals surface area contributed by atoms with Gasteiger partial charge in [0.05, 0.1) is 5.92 Å². The molecule has 0 bridgehead atoms. The van der Waals surface area contributed by atoms with E-state index < -0.39 is 5.97 Å². The molecule has 1 N–H and O–H groups in total. The first-order valence-electron chi connectivity index (χ1n) is 4.57. The van der Waals surface area contributed by atoms with E-state index in [9.17, 15) is 4.79 Å². The van der Waals surface area contributed by atoms with Crippen LogP contribution in [0, 0.1) is 23.7 Å². The number of hydrogen-bond donors (Lipinski definition) is 1. The van der Waals surface area contributed by atoms with Crippen molar-refractivity contribution in [3.05, 3.63) is 35.9 Å². The first-order chi connectivity index (χ1) is 6.77. The van der Waals surface area contributed by atoms with E-state index in [2.05, 4.69) is 11.8 Å². The van der Waals surface area contributed by atoms with Gasteiger partial charge in [0.1, 0.15) is 0 Å². The maximum absolute atomic E-state index is 10.5. The molecule has 0 aliphatic heterocycles. The molecule has 0 heterocycles. The fourth-order valence-corrected chi connectivity index (χ4v) is 1.32. The van der Waals surface area contributed by atoms with Crippen molar-refractivity contribution in [3.8, 4) is 11.8 Å². The number of carboxylic acids is 1. The summed E-state index contributed by atoms with van der Waals surface area (Å²) in [7, 11) is 0. The van der Waals surface area contributed by atoms with Crippen LogP contribution < -0.4 is 0 Å². The lowest BCUT2D eigenvalue weighted by atomic mass is 10.2. The molecule has 70 valence electrons. The van der Waals surface area contributed by atoms with Crippen molar-refractivity contribution in [3.63, 3.8) is 0 Å². The average Bonchev–Trinajstić information content (AvgIpc) is 2.96. The van der Waals surface area contributed by atoms with Crippen LogP contribution in [0.15, 0.2) is 30.3 Å².